The van der Waals surface area contributed by atoms with Crippen LogP contribution in [0.15, 0.2) is 28.8 Å². The van der Waals surface area contributed by atoms with Gasteiger partial charge in [-0.1, -0.05) is 11.2 Å². The second-order valence-corrected chi connectivity index (χ2v) is 7.10. The summed E-state index contributed by atoms with van der Waals surface area (Å²) in [7, 11) is 0. The van der Waals surface area contributed by atoms with Gasteiger partial charge in [-0.3, -0.25) is 4.79 Å². The molecule has 1 aliphatic heterocycles. The van der Waals surface area contributed by atoms with E-state index in [0.29, 0.717) is 0 Å². The third-order valence-electron chi connectivity index (χ3n) is 5.25. The third kappa shape index (κ3) is 3.15. The Morgan fingerprint density at radius 1 is 1.28 bits per heavy atom. The van der Waals surface area contributed by atoms with Crippen LogP contribution in [0.4, 0.5) is 0 Å². The summed E-state index contributed by atoms with van der Waals surface area (Å²) in [5, 5.41) is 4.10. The Morgan fingerprint density at radius 2 is 2.12 bits per heavy atom. The number of amides is 1. The van der Waals surface area contributed by atoms with Gasteiger partial charge in [-0.2, -0.15) is 0 Å². The fourth-order valence-corrected chi connectivity index (χ4v) is 3.99. The summed E-state index contributed by atoms with van der Waals surface area (Å²) < 4.78 is 11.2. The molecule has 1 aliphatic carbocycles. The predicted octanol–water partition coefficient (Wildman–Crippen LogP) is 3.60. The molecule has 0 N–H and O–H groups in total. The molecule has 25 heavy (non-hydrogen) atoms. The number of aromatic nitrogens is 1. The molecule has 1 aromatic carbocycles. The number of rotatable bonds is 4. The summed E-state index contributed by atoms with van der Waals surface area (Å²) in [6.45, 7) is 4.45. The van der Waals surface area contributed by atoms with Gasteiger partial charge in [0.05, 0.1) is 6.04 Å². The lowest BCUT2D eigenvalue weighted by Gasteiger charge is -2.26. The molecule has 4 rings (SSSR count). The van der Waals surface area contributed by atoms with Gasteiger partial charge in [0.15, 0.2) is 6.10 Å². The predicted molar refractivity (Wildman–Crippen MR) is 93.5 cm³/mol. The number of benzene rings is 1. The normalized spacial score (nSPS) is 20.6. The van der Waals surface area contributed by atoms with Gasteiger partial charge < -0.3 is 14.2 Å². The number of carbonyl (C=O) groups excluding carboxylic acids is 1. The van der Waals surface area contributed by atoms with Crippen molar-refractivity contribution in [2.75, 3.05) is 6.54 Å². The van der Waals surface area contributed by atoms with E-state index in [1.54, 1.807) is 0 Å². The second kappa shape index (κ2) is 6.54. The van der Waals surface area contributed by atoms with E-state index in [-0.39, 0.29) is 11.9 Å². The Hall–Kier alpha value is -2.30. The van der Waals surface area contributed by atoms with Crippen molar-refractivity contribution < 1.29 is 14.1 Å². The van der Waals surface area contributed by atoms with Crippen LogP contribution in [0.3, 0.4) is 0 Å². The molecule has 132 valence electrons. The molecule has 1 amide bonds. The van der Waals surface area contributed by atoms with Gasteiger partial charge in [-0.15, -0.1) is 0 Å². The fourth-order valence-electron chi connectivity index (χ4n) is 3.99. The Bertz CT molecular complexity index is 783. The summed E-state index contributed by atoms with van der Waals surface area (Å²) in [5.41, 5.74) is 3.61. The molecule has 0 bridgehead atoms. The molecule has 1 aromatic heterocycles. The molecule has 2 aromatic rings. The fraction of sp³-hybridized carbons (Fsp3) is 0.500. The highest BCUT2D eigenvalue weighted by atomic mass is 16.5. The number of ether oxygens (including phenoxy) is 1. The van der Waals surface area contributed by atoms with Gasteiger partial charge in [0.25, 0.3) is 5.91 Å². The Labute approximate surface area is 147 Å². The van der Waals surface area contributed by atoms with E-state index < -0.39 is 6.10 Å². The summed E-state index contributed by atoms with van der Waals surface area (Å²) in [5.74, 6) is 1.58. The van der Waals surface area contributed by atoms with Gasteiger partial charge >= 0.3 is 0 Å². The molecule has 0 spiro atoms. The highest BCUT2D eigenvalue weighted by molar-refractivity contribution is 5.81. The maximum atomic E-state index is 12.9. The molecular formula is C20H24N2O3. The van der Waals surface area contributed by atoms with Crippen molar-refractivity contribution in [2.24, 2.45) is 0 Å². The van der Waals surface area contributed by atoms with Crippen LogP contribution in [0.1, 0.15) is 54.8 Å². The van der Waals surface area contributed by atoms with Crippen LogP contribution in [0.2, 0.25) is 0 Å². The first-order valence-corrected chi connectivity index (χ1v) is 9.14. The summed E-state index contributed by atoms with van der Waals surface area (Å²) >= 11 is 0. The van der Waals surface area contributed by atoms with Crippen LogP contribution in [-0.2, 0) is 17.6 Å². The molecule has 0 saturated carbocycles. The van der Waals surface area contributed by atoms with E-state index in [1.165, 1.54) is 17.5 Å². The summed E-state index contributed by atoms with van der Waals surface area (Å²) in [4.78, 5) is 14.8. The van der Waals surface area contributed by atoms with E-state index in [0.717, 1.165) is 49.4 Å². The van der Waals surface area contributed by atoms with E-state index in [1.807, 2.05) is 30.9 Å². The topological polar surface area (TPSA) is 55.6 Å². The molecule has 2 heterocycles. The van der Waals surface area contributed by atoms with Crippen LogP contribution in [0.25, 0.3) is 0 Å². The van der Waals surface area contributed by atoms with E-state index in [9.17, 15) is 4.79 Å². The smallest absolute Gasteiger partial charge is 0.263 e. The molecule has 1 fully saturated rings. The van der Waals surface area contributed by atoms with E-state index in [4.69, 9.17) is 9.26 Å². The van der Waals surface area contributed by atoms with E-state index >= 15 is 0 Å². The number of hydrogen-bond acceptors (Lipinski definition) is 4. The largest absolute Gasteiger partial charge is 0.481 e. The third-order valence-corrected chi connectivity index (χ3v) is 5.25. The lowest BCUT2D eigenvalue weighted by molar-refractivity contribution is -0.139. The van der Waals surface area contributed by atoms with Gasteiger partial charge in [-0.25, -0.2) is 0 Å². The standard InChI is InChI=1S/C20H24N2O3/c1-13-11-18(21-25-13)19-7-4-10-22(19)20(23)14(2)24-17-9-8-15-5-3-6-16(15)12-17/h8-9,11-12,14,19H,3-7,10H2,1-2H3/t14-,19-/m1/s1. The van der Waals surface area contributed by atoms with Crippen LogP contribution < -0.4 is 4.74 Å². The highest BCUT2D eigenvalue weighted by Gasteiger charge is 2.35. The van der Waals surface area contributed by atoms with Crippen LogP contribution in [0, 0.1) is 6.92 Å². The highest BCUT2D eigenvalue weighted by Crippen LogP contribution is 2.33. The van der Waals surface area contributed by atoms with Crippen molar-refractivity contribution in [3.05, 3.63) is 46.8 Å². The minimum atomic E-state index is -0.506. The quantitative estimate of drug-likeness (QED) is 0.853. The maximum Gasteiger partial charge on any atom is 0.263 e. The van der Waals surface area contributed by atoms with Crippen molar-refractivity contribution >= 4 is 5.91 Å². The molecule has 1 saturated heterocycles. The van der Waals surface area contributed by atoms with Crippen molar-refractivity contribution in [1.82, 2.24) is 10.1 Å². The molecule has 0 unspecified atom stereocenters. The first kappa shape index (κ1) is 16.2. The molecule has 2 atom stereocenters. The zero-order valence-electron chi connectivity index (χ0n) is 14.8. The minimum absolute atomic E-state index is 0.00368. The van der Waals surface area contributed by atoms with Gasteiger partial charge in [0.2, 0.25) is 0 Å². The molecule has 5 nitrogen and oxygen atoms in total. The average Bonchev–Trinajstić information content (AvgIpc) is 3.33. The van der Waals surface area contributed by atoms with Crippen LogP contribution in [0.5, 0.6) is 5.75 Å². The molecule has 5 heteroatoms. The maximum absolute atomic E-state index is 12.9. The van der Waals surface area contributed by atoms with Crippen LogP contribution >= 0.6 is 0 Å². The summed E-state index contributed by atoms with van der Waals surface area (Å²) in [6, 6.07) is 8.12. The minimum Gasteiger partial charge on any atom is -0.481 e. The molecule has 2 aliphatic rings. The van der Waals surface area contributed by atoms with Crippen LogP contribution in [-0.4, -0.2) is 28.6 Å². The number of hydrogen-bond donors (Lipinski definition) is 0. The number of fused-ring (bicyclic) bond motifs is 1. The Morgan fingerprint density at radius 3 is 2.92 bits per heavy atom. The monoisotopic (exact) mass is 340 g/mol. The first-order chi connectivity index (χ1) is 12.1. The Kier molecular flexibility index (Phi) is 4.24. The lowest BCUT2D eigenvalue weighted by atomic mass is 10.1. The first-order valence-electron chi connectivity index (χ1n) is 9.14. The lowest BCUT2D eigenvalue weighted by Crippen LogP contribution is -2.40. The molecule has 0 radical (unpaired) electrons. The van der Waals surface area contributed by atoms with E-state index in [2.05, 4.69) is 17.3 Å². The zero-order chi connectivity index (χ0) is 17.4. The van der Waals surface area contributed by atoms with Gasteiger partial charge in [0, 0.05) is 12.6 Å². The molecular weight excluding hydrogens is 316 g/mol. The SMILES string of the molecule is Cc1cc([C@H]2CCCN2C(=O)[C@@H](C)Oc2ccc3c(c2)CCC3)no1. The average molecular weight is 340 g/mol. The van der Waals surface area contributed by atoms with Crippen molar-refractivity contribution in [3.8, 4) is 5.75 Å². The second-order valence-electron chi connectivity index (χ2n) is 7.10. The number of likely N-dealkylation sites (tertiary alicyclic amines) is 1. The summed E-state index contributed by atoms with van der Waals surface area (Å²) in [6.07, 6.45) is 4.86. The Balaban J connectivity index is 1.46. The van der Waals surface area contributed by atoms with Crippen molar-refractivity contribution in [2.45, 2.75) is 58.1 Å². The zero-order valence-corrected chi connectivity index (χ0v) is 14.8. The van der Waals surface area contributed by atoms with Gasteiger partial charge in [-0.05, 0) is 69.2 Å². The number of aryl methyl sites for hydroxylation is 3. The number of nitrogens with zero attached hydrogens (tertiary/aromatic N) is 2. The van der Waals surface area contributed by atoms with Crippen molar-refractivity contribution in [1.29, 1.82) is 0 Å². The number of carbonyl (C=O) groups is 1. The van der Waals surface area contributed by atoms with Gasteiger partial charge in [0.1, 0.15) is 17.2 Å². The van der Waals surface area contributed by atoms with Crippen molar-refractivity contribution in [3.63, 3.8) is 0 Å².